The molecule has 9 nitrogen and oxygen atoms in total. The van der Waals surface area contributed by atoms with Crippen LogP contribution >= 0.6 is 0 Å². The molecule has 6 rings (SSSR count). The van der Waals surface area contributed by atoms with E-state index >= 15 is 0 Å². The number of hydrogen-bond donors (Lipinski definition) is 0. The SMILES string of the molecule is O=c1n(-c2ccc(OCc3ccccc3)cc2)cnn1C[C@@H]1CO[C@@](Cn2cncn2)(c2ccc(F)cc2F)C1. The molecular formula is C29H26F2N6O3. The third-order valence-corrected chi connectivity index (χ3v) is 7.05. The first-order valence-corrected chi connectivity index (χ1v) is 12.8. The van der Waals surface area contributed by atoms with E-state index in [0.29, 0.717) is 24.5 Å². The van der Waals surface area contributed by atoms with Crippen LogP contribution in [0.15, 0.2) is 96.6 Å². The van der Waals surface area contributed by atoms with Crippen LogP contribution in [-0.2, 0) is 30.0 Å². The van der Waals surface area contributed by atoms with Gasteiger partial charge in [-0.1, -0.05) is 36.4 Å². The van der Waals surface area contributed by atoms with Crippen LogP contribution in [0.25, 0.3) is 5.69 Å². The maximum Gasteiger partial charge on any atom is 0.350 e. The average Bonchev–Trinajstić information content (AvgIpc) is 3.71. The lowest BCUT2D eigenvalue weighted by atomic mass is 9.86. The molecule has 0 N–H and O–H groups in total. The zero-order valence-corrected chi connectivity index (χ0v) is 21.4. The first-order chi connectivity index (χ1) is 19.5. The Balaban J connectivity index is 1.17. The Bertz CT molecular complexity index is 1640. The molecule has 2 atom stereocenters. The quantitative estimate of drug-likeness (QED) is 0.278. The number of nitrogens with zero attached hydrogens (tertiary/aromatic N) is 6. The van der Waals surface area contributed by atoms with Crippen LogP contribution in [0.3, 0.4) is 0 Å². The van der Waals surface area contributed by atoms with E-state index in [9.17, 15) is 13.6 Å². The Morgan fingerprint density at radius 1 is 1.00 bits per heavy atom. The molecule has 11 heteroatoms. The molecule has 5 aromatic rings. The molecule has 1 aliphatic heterocycles. The standard InChI is InChI=1S/C29H26F2N6O3/c30-23-6-11-26(27(31)12-23)29(17-35-19-32-18-33-35)13-22(16-40-29)14-37-28(38)36(20-34-37)24-7-9-25(10-8-24)39-15-21-4-2-1-3-5-21/h1-12,18-20,22H,13-17H2/t22-,29+/m1/s1. The lowest BCUT2D eigenvalue weighted by molar-refractivity contribution is -0.0205. The van der Waals surface area contributed by atoms with Crippen molar-refractivity contribution in [1.29, 1.82) is 0 Å². The largest absolute Gasteiger partial charge is 0.489 e. The van der Waals surface area contributed by atoms with Crippen molar-refractivity contribution in [1.82, 2.24) is 29.1 Å². The second kappa shape index (κ2) is 10.9. The van der Waals surface area contributed by atoms with Crippen molar-refractivity contribution < 1.29 is 18.3 Å². The highest BCUT2D eigenvalue weighted by atomic mass is 19.1. The van der Waals surface area contributed by atoms with Gasteiger partial charge in [-0.25, -0.2) is 32.5 Å². The van der Waals surface area contributed by atoms with Crippen LogP contribution < -0.4 is 10.4 Å². The van der Waals surface area contributed by atoms with Gasteiger partial charge >= 0.3 is 5.69 Å². The highest BCUT2D eigenvalue weighted by Gasteiger charge is 2.44. The first kappa shape index (κ1) is 25.6. The van der Waals surface area contributed by atoms with Gasteiger partial charge < -0.3 is 9.47 Å². The molecule has 1 fully saturated rings. The summed E-state index contributed by atoms with van der Waals surface area (Å²) in [6.45, 7) is 1.17. The third-order valence-electron chi connectivity index (χ3n) is 7.05. The maximum atomic E-state index is 14.9. The molecule has 1 saturated heterocycles. The molecule has 0 amide bonds. The van der Waals surface area contributed by atoms with E-state index in [1.165, 1.54) is 40.4 Å². The monoisotopic (exact) mass is 544 g/mol. The molecule has 0 spiro atoms. The van der Waals surface area contributed by atoms with E-state index in [4.69, 9.17) is 9.47 Å². The summed E-state index contributed by atoms with van der Waals surface area (Å²) in [7, 11) is 0. The molecule has 0 aliphatic carbocycles. The van der Waals surface area contributed by atoms with Crippen LogP contribution in [0.5, 0.6) is 5.75 Å². The summed E-state index contributed by atoms with van der Waals surface area (Å²) in [5.41, 5.74) is 0.545. The van der Waals surface area contributed by atoms with Gasteiger partial charge in [0.15, 0.2) is 0 Å². The smallest absolute Gasteiger partial charge is 0.350 e. The van der Waals surface area contributed by atoms with E-state index in [-0.39, 0.29) is 36.9 Å². The number of benzene rings is 3. The first-order valence-electron chi connectivity index (χ1n) is 12.8. The molecule has 0 unspecified atom stereocenters. The summed E-state index contributed by atoms with van der Waals surface area (Å²) >= 11 is 0. The van der Waals surface area contributed by atoms with Crippen molar-refractivity contribution in [3.8, 4) is 11.4 Å². The highest BCUT2D eigenvalue weighted by molar-refractivity contribution is 5.37. The summed E-state index contributed by atoms with van der Waals surface area (Å²) in [6, 6.07) is 20.5. The number of halogens is 2. The Morgan fingerprint density at radius 2 is 1.82 bits per heavy atom. The second-order valence-electron chi connectivity index (χ2n) is 9.83. The normalized spacial score (nSPS) is 18.7. The third kappa shape index (κ3) is 5.28. The molecule has 1 aliphatic rings. The van der Waals surface area contributed by atoms with Gasteiger partial charge in [0.25, 0.3) is 0 Å². The van der Waals surface area contributed by atoms with E-state index in [0.717, 1.165) is 11.6 Å². The van der Waals surface area contributed by atoms with Gasteiger partial charge in [0.2, 0.25) is 0 Å². The van der Waals surface area contributed by atoms with Crippen LogP contribution in [-0.4, -0.2) is 35.7 Å². The van der Waals surface area contributed by atoms with Gasteiger partial charge in [-0.2, -0.15) is 10.2 Å². The van der Waals surface area contributed by atoms with Gasteiger partial charge in [0, 0.05) is 17.5 Å². The van der Waals surface area contributed by atoms with Gasteiger partial charge in [0.1, 0.15) is 48.6 Å². The molecule has 3 heterocycles. The summed E-state index contributed by atoms with van der Waals surface area (Å²) in [5.74, 6) is -0.825. The van der Waals surface area contributed by atoms with Crippen molar-refractivity contribution in [2.75, 3.05) is 6.61 Å². The van der Waals surface area contributed by atoms with Gasteiger partial charge in [-0.05, 0) is 42.3 Å². The molecular weight excluding hydrogens is 518 g/mol. The van der Waals surface area contributed by atoms with Crippen LogP contribution in [0.2, 0.25) is 0 Å². The minimum atomic E-state index is -1.10. The summed E-state index contributed by atoms with van der Waals surface area (Å²) in [4.78, 5) is 17.2. The number of hydrogen-bond acceptors (Lipinski definition) is 6. The molecule has 204 valence electrons. The van der Waals surface area contributed by atoms with E-state index < -0.39 is 17.2 Å². The van der Waals surface area contributed by atoms with Crippen molar-refractivity contribution in [3.63, 3.8) is 0 Å². The van der Waals surface area contributed by atoms with Crippen molar-refractivity contribution in [2.45, 2.75) is 31.7 Å². The molecule has 3 aromatic carbocycles. The Hall–Kier alpha value is -4.64. The van der Waals surface area contributed by atoms with Crippen LogP contribution in [0.4, 0.5) is 8.78 Å². The van der Waals surface area contributed by atoms with Gasteiger partial charge in [-0.3, -0.25) is 0 Å². The zero-order valence-electron chi connectivity index (χ0n) is 21.4. The highest BCUT2D eigenvalue weighted by Crippen LogP contribution is 2.42. The fraction of sp³-hybridized carbons (Fsp3) is 0.241. The Morgan fingerprint density at radius 3 is 2.58 bits per heavy atom. The van der Waals surface area contributed by atoms with Crippen molar-refractivity contribution in [2.24, 2.45) is 5.92 Å². The van der Waals surface area contributed by atoms with Crippen LogP contribution in [0.1, 0.15) is 17.5 Å². The van der Waals surface area contributed by atoms with Gasteiger partial charge in [-0.15, -0.1) is 0 Å². The maximum absolute atomic E-state index is 14.9. The predicted octanol–water partition coefficient (Wildman–Crippen LogP) is 4.11. The molecule has 2 aromatic heterocycles. The fourth-order valence-electron chi connectivity index (χ4n) is 5.12. The lowest BCUT2D eigenvalue weighted by Gasteiger charge is -2.29. The summed E-state index contributed by atoms with van der Waals surface area (Å²) in [5, 5.41) is 8.45. The molecule has 0 saturated carbocycles. The predicted molar refractivity (Wildman–Crippen MR) is 141 cm³/mol. The Labute approximate surface area is 228 Å². The number of aromatic nitrogens is 6. The topological polar surface area (TPSA) is 89.0 Å². The fourth-order valence-corrected chi connectivity index (χ4v) is 5.12. The average molecular weight is 545 g/mol. The molecule has 40 heavy (non-hydrogen) atoms. The van der Waals surface area contributed by atoms with Crippen LogP contribution in [0, 0.1) is 17.6 Å². The van der Waals surface area contributed by atoms with E-state index in [1.807, 2.05) is 42.5 Å². The Kier molecular flexibility index (Phi) is 6.95. The second-order valence-corrected chi connectivity index (χ2v) is 9.83. The molecule has 0 bridgehead atoms. The minimum absolute atomic E-state index is 0.150. The summed E-state index contributed by atoms with van der Waals surface area (Å²) in [6.07, 6.45) is 4.75. The zero-order chi connectivity index (χ0) is 27.5. The lowest BCUT2D eigenvalue weighted by Crippen LogP contribution is -2.33. The van der Waals surface area contributed by atoms with Gasteiger partial charge in [0.05, 0.1) is 25.4 Å². The number of ether oxygens (including phenoxy) is 2. The van der Waals surface area contributed by atoms with E-state index in [1.54, 1.807) is 16.8 Å². The van der Waals surface area contributed by atoms with Crippen molar-refractivity contribution >= 4 is 0 Å². The van der Waals surface area contributed by atoms with E-state index in [2.05, 4.69) is 15.2 Å². The minimum Gasteiger partial charge on any atom is -0.489 e. The van der Waals surface area contributed by atoms with Crippen molar-refractivity contribution in [3.05, 3.63) is 125 Å². The number of rotatable bonds is 9. The molecule has 0 radical (unpaired) electrons. The summed E-state index contributed by atoms with van der Waals surface area (Å²) < 4.78 is 45.0.